The van der Waals surface area contributed by atoms with E-state index in [2.05, 4.69) is 16.6 Å². The van der Waals surface area contributed by atoms with Crippen LogP contribution in [0.15, 0.2) is 36.7 Å². The summed E-state index contributed by atoms with van der Waals surface area (Å²) in [5.74, 6) is 0.607. The van der Waals surface area contributed by atoms with Gasteiger partial charge in [-0.25, -0.2) is 4.68 Å². The largest absolute Gasteiger partial charge is 0.316 e. The number of rotatable bonds is 2. The van der Waals surface area contributed by atoms with Crippen molar-refractivity contribution in [1.29, 1.82) is 0 Å². The smallest absolute Gasteiger partial charge is 0.0646 e. The summed E-state index contributed by atoms with van der Waals surface area (Å²) in [7, 11) is 0. The molecule has 3 nitrogen and oxygen atoms in total. The molecule has 2 heterocycles. The Morgan fingerprint density at radius 3 is 2.82 bits per heavy atom. The number of halogens is 1. The predicted molar refractivity (Wildman–Crippen MR) is 68.8 cm³/mol. The van der Waals surface area contributed by atoms with E-state index in [0.29, 0.717) is 5.92 Å². The summed E-state index contributed by atoms with van der Waals surface area (Å²) in [4.78, 5) is 0. The van der Waals surface area contributed by atoms with Crippen molar-refractivity contribution in [2.45, 2.75) is 12.3 Å². The van der Waals surface area contributed by atoms with E-state index in [9.17, 15) is 0 Å². The minimum atomic E-state index is 0.607. The van der Waals surface area contributed by atoms with Crippen molar-refractivity contribution >= 4 is 11.6 Å². The number of hydrogen-bond acceptors (Lipinski definition) is 2. The zero-order chi connectivity index (χ0) is 11.7. The van der Waals surface area contributed by atoms with Crippen molar-refractivity contribution in [3.63, 3.8) is 0 Å². The first-order valence-corrected chi connectivity index (χ1v) is 6.22. The lowest BCUT2D eigenvalue weighted by atomic mass is 10.0. The highest BCUT2D eigenvalue weighted by molar-refractivity contribution is 6.30. The molecule has 0 spiro atoms. The van der Waals surface area contributed by atoms with Crippen LogP contribution in [0.1, 0.15) is 17.9 Å². The molecule has 1 fully saturated rings. The van der Waals surface area contributed by atoms with E-state index in [0.717, 1.165) is 23.8 Å². The Morgan fingerprint density at radius 2 is 2.12 bits per heavy atom. The Kier molecular flexibility index (Phi) is 2.87. The first-order chi connectivity index (χ1) is 8.33. The average molecular weight is 248 g/mol. The Bertz CT molecular complexity index is 498. The molecule has 1 aromatic heterocycles. The third-order valence-electron chi connectivity index (χ3n) is 3.23. The maximum Gasteiger partial charge on any atom is 0.0646 e. The molecule has 88 valence electrons. The van der Waals surface area contributed by atoms with Crippen LogP contribution in [0.25, 0.3) is 5.69 Å². The molecule has 1 saturated heterocycles. The number of nitrogens with one attached hydrogen (secondary N) is 1. The van der Waals surface area contributed by atoms with Crippen molar-refractivity contribution in [2.24, 2.45) is 0 Å². The van der Waals surface area contributed by atoms with Crippen LogP contribution in [0.4, 0.5) is 0 Å². The van der Waals surface area contributed by atoms with Gasteiger partial charge in [0.15, 0.2) is 0 Å². The van der Waals surface area contributed by atoms with Crippen molar-refractivity contribution in [3.05, 3.63) is 47.2 Å². The zero-order valence-corrected chi connectivity index (χ0v) is 10.2. The molecule has 2 aromatic rings. The van der Waals surface area contributed by atoms with Gasteiger partial charge in [-0.2, -0.15) is 5.10 Å². The van der Waals surface area contributed by atoms with E-state index in [1.807, 2.05) is 35.1 Å². The molecule has 0 saturated carbocycles. The van der Waals surface area contributed by atoms with E-state index in [4.69, 9.17) is 11.6 Å². The van der Waals surface area contributed by atoms with Crippen LogP contribution in [-0.2, 0) is 0 Å². The van der Waals surface area contributed by atoms with E-state index in [1.54, 1.807) is 0 Å². The molecule has 0 bridgehead atoms. The van der Waals surface area contributed by atoms with Crippen LogP contribution in [0, 0.1) is 0 Å². The molecule has 1 aliphatic rings. The summed E-state index contributed by atoms with van der Waals surface area (Å²) in [5, 5.41) is 8.53. The second kappa shape index (κ2) is 4.51. The van der Waals surface area contributed by atoms with Gasteiger partial charge in [0.05, 0.1) is 11.9 Å². The van der Waals surface area contributed by atoms with Crippen molar-refractivity contribution in [1.82, 2.24) is 15.1 Å². The average Bonchev–Trinajstić information content (AvgIpc) is 3.00. The lowest BCUT2D eigenvalue weighted by Crippen LogP contribution is -2.07. The molecular weight excluding hydrogens is 234 g/mol. The SMILES string of the molecule is Clc1ccc(-n2cc(C3CCNC3)cn2)cc1. The number of aromatic nitrogens is 2. The van der Waals surface area contributed by atoms with Crippen LogP contribution in [-0.4, -0.2) is 22.9 Å². The maximum absolute atomic E-state index is 5.87. The third kappa shape index (κ3) is 2.21. The summed E-state index contributed by atoms with van der Waals surface area (Å²) >= 11 is 5.87. The molecule has 1 unspecified atom stereocenters. The zero-order valence-electron chi connectivity index (χ0n) is 9.44. The third-order valence-corrected chi connectivity index (χ3v) is 3.48. The van der Waals surface area contributed by atoms with Gasteiger partial charge >= 0.3 is 0 Å². The summed E-state index contributed by atoms with van der Waals surface area (Å²) < 4.78 is 1.91. The van der Waals surface area contributed by atoms with E-state index in [-0.39, 0.29) is 0 Å². The quantitative estimate of drug-likeness (QED) is 0.884. The van der Waals surface area contributed by atoms with Gasteiger partial charge in [-0.1, -0.05) is 11.6 Å². The molecule has 1 N–H and O–H groups in total. The number of nitrogens with zero attached hydrogens (tertiary/aromatic N) is 2. The standard InChI is InChI=1S/C13H14ClN3/c14-12-1-3-13(4-2-12)17-9-11(8-16-17)10-5-6-15-7-10/h1-4,8-10,15H,5-7H2. The molecule has 0 aliphatic carbocycles. The first-order valence-electron chi connectivity index (χ1n) is 5.84. The van der Waals surface area contributed by atoms with Gasteiger partial charge in [0.25, 0.3) is 0 Å². The van der Waals surface area contributed by atoms with Crippen LogP contribution in [0.3, 0.4) is 0 Å². The summed E-state index contributed by atoms with van der Waals surface area (Å²) in [5.41, 5.74) is 2.36. The summed E-state index contributed by atoms with van der Waals surface area (Å²) in [6.07, 6.45) is 5.28. The van der Waals surface area contributed by atoms with Crippen molar-refractivity contribution < 1.29 is 0 Å². The van der Waals surface area contributed by atoms with Gasteiger partial charge < -0.3 is 5.32 Å². The number of benzene rings is 1. The molecule has 1 aromatic carbocycles. The van der Waals surface area contributed by atoms with Crippen LogP contribution < -0.4 is 5.32 Å². The maximum atomic E-state index is 5.87. The van der Waals surface area contributed by atoms with Crippen LogP contribution in [0.5, 0.6) is 0 Å². The van der Waals surface area contributed by atoms with Gasteiger partial charge in [-0.15, -0.1) is 0 Å². The fourth-order valence-corrected chi connectivity index (χ4v) is 2.35. The molecule has 1 atom stereocenters. The fourth-order valence-electron chi connectivity index (χ4n) is 2.22. The fraction of sp³-hybridized carbons (Fsp3) is 0.308. The molecular formula is C13H14ClN3. The first kappa shape index (κ1) is 10.8. The highest BCUT2D eigenvalue weighted by Gasteiger charge is 2.18. The second-order valence-corrected chi connectivity index (χ2v) is 4.82. The molecule has 3 rings (SSSR count). The molecule has 4 heteroatoms. The molecule has 1 aliphatic heterocycles. The lowest BCUT2D eigenvalue weighted by Gasteiger charge is -2.04. The highest BCUT2D eigenvalue weighted by atomic mass is 35.5. The predicted octanol–water partition coefficient (Wildman–Crippen LogP) is 2.60. The summed E-state index contributed by atoms with van der Waals surface area (Å²) in [6, 6.07) is 7.72. The summed E-state index contributed by atoms with van der Waals surface area (Å²) in [6.45, 7) is 2.17. The monoisotopic (exact) mass is 247 g/mol. The van der Waals surface area contributed by atoms with Gasteiger partial charge in [-0.05, 0) is 42.8 Å². The van der Waals surface area contributed by atoms with E-state index >= 15 is 0 Å². The van der Waals surface area contributed by atoms with Crippen molar-refractivity contribution in [3.8, 4) is 5.69 Å². The minimum Gasteiger partial charge on any atom is -0.316 e. The van der Waals surface area contributed by atoms with Gasteiger partial charge in [0.2, 0.25) is 0 Å². The Hall–Kier alpha value is -1.32. The van der Waals surface area contributed by atoms with Crippen LogP contribution >= 0.6 is 11.6 Å². The van der Waals surface area contributed by atoms with E-state index < -0.39 is 0 Å². The topological polar surface area (TPSA) is 29.9 Å². The van der Waals surface area contributed by atoms with Crippen molar-refractivity contribution in [2.75, 3.05) is 13.1 Å². The lowest BCUT2D eigenvalue weighted by molar-refractivity contribution is 0.762. The molecule has 0 radical (unpaired) electrons. The van der Waals surface area contributed by atoms with Gasteiger partial charge in [0, 0.05) is 23.7 Å². The second-order valence-electron chi connectivity index (χ2n) is 4.38. The number of hydrogen-bond donors (Lipinski definition) is 1. The minimum absolute atomic E-state index is 0.607. The molecule has 0 amide bonds. The van der Waals surface area contributed by atoms with Crippen LogP contribution in [0.2, 0.25) is 5.02 Å². The van der Waals surface area contributed by atoms with Gasteiger partial charge in [-0.3, -0.25) is 0 Å². The normalized spacial score (nSPS) is 19.7. The molecule has 17 heavy (non-hydrogen) atoms. The van der Waals surface area contributed by atoms with Gasteiger partial charge in [0.1, 0.15) is 0 Å². The Labute approximate surface area is 105 Å². The van der Waals surface area contributed by atoms with E-state index in [1.165, 1.54) is 12.0 Å². The highest BCUT2D eigenvalue weighted by Crippen LogP contribution is 2.22. The Balaban J connectivity index is 1.86. The Morgan fingerprint density at radius 1 is 1.29 bits per heavy atom.